The van der Waals surface area contributed by atoms with Crippen molar-refractivity contribution in [2.45, 2.75) is 32.1 Å². The van der Waals surface area contributed by atoms with Crippen LogP contribution in [-0.4, -0.2) is 52.8 Å². The molecular weight excluding hydrogens is 314 g/mol. The number of carbonyl (C=O) groups excluding carboxylic acids is 2. The van der Waals surface area contributed by atoms with Crippen LogP contribution < -0.4 is 0 Å². The molecule has 0 spiro atoms. The number of carbonyl (C=O) groups is 2. The van der Waals surface area contributed by atoms with Crippen molar-refractivity contribution < 1.29 is 9.59 Å². The van der Waals surface area contributed by atoms with Crippen molar-refractivity contribution in [3.63, 3.8) is 0 Å². The van der Waals surface area contributed by atoms with Gasteiger partial charge in [0, 0.05) is 43.0 Å². The highest BCUT2D eigenvalue weighted by Gasteiger charge is 2.30. The third-order valence-electron chi connectivity index (χ3n) is 5.59. The highest BCUT2D eigenvalue weighted by atomic mass is 16.2. The summed E-state index contributed by atoms with van der Waals surface area (Å²) in [4.78, 5) is 32.4. The average molecular weight is 339 g/mol. The molecule has 2 amide bonds. The topological polar surface area (TPSA) is 56.4 Å². The monoisotopic (exact) mass is 339 g/mol. The zero-order valence-corrected chi connectivity index (χ0v) is 14.5. The van der Waals surface area contributed by atoms with Gasteiger partial charge in [0.05, 0.1) is 0 Å². The second-order valence-corrected chi connectivity index (χ2v) is 7.22. The lowest BCUT2D eigenvalue weighted by Crippen LogP contribution is -2.52. The maximum absolute atomic E-state index is 12.7. The van der Waals surface area contributed by atoms with Crippen molar-refractivity contribution in [2.24, 2.45) is 5.92 Å². The molecule has 132 valence electrons. The van der Waals surface area contributed by atoms with Gasteiger partial charge < -0.3 is 14.8 Å². The van der Waals surface area contributed by atoms with E-state index in [-0.39, 0.29) is 11.8 Å². The summed E-state index contributed by atoms with van der Waals surface area (Å²) < 4.78 is 0. The van der Waals surface area contributed by atoms with E-state index in [4.69, 9.17) is 0 Å². The highest BCUT2D eigenvalue weighted by Crippen LogP contribution is 2.26. The number of amides is 2. The van der Waals surface area contributed by atoms with Crippen LogP contribution in [0.2, 0.25) is 0 Å². The predicted octanol–water partition coefficient (Wildman–Crippen LogP) is 3.03. The molecule has 1 aliphatic carbocycles. The van der Waals surface area contributed by atoms with E-state index in [0.717, 1.165) is 23.7 Å². The van der Waals surface area contributed by atoms with E-state index in [1.54, 1.807) is 0 Å². The van der Waals surface area contributed by atoms with Gasteiger partial charge in [-0.25, -0.2) is 0 Å². The summed E-state index contributed by atoms with van der Waals surface area (Å²) in [5, 5.41) is 1.05. The standard InChI is InChI=1S/C20H25N3O2/c24-19(15-6-2-1-3-7-15)22-10-12-23(13-11-22)20(25)18-14-16-8-4-5-9-17(16)21-18/h4-5,8-9,14-15,21H,1-3,6-7,10-13H2. The van der Waals surface area contributed by atoms with Gasteiger partial charge >= 0.3 is 0 Å². The van der Waals surface area contributed by atoms with Crippen LogP contribution in [0.1, 0.15) is 42.6 Å². The van der Waals surface area contributed by atoms with Crippen LogP contribution in [0.4, 0.5) is 0 Å². The van der Waals surface area contributed by atoms with Crippen LogP contribution in [-0.2, 0) is 4.79 Å². The third-order valence-corrected chi connectivity index (χ3v) is 5.59. The number of rotatable bonds is 2. The minimum absolute atomic E-state index is 0.0287. The van der Waals surface area contributed by atoms with E-state index in [2.05, 4.69) is 4.98 Å². The van der Waals surface area contributed by atoms with Gasteiger partial charge in [-0.1, -0.05) is 37.5 Å². The first kappa shape index (κ1) is 16.2. The van der Waals surface area contributed by atoms with Crippen LogP contribution in [0.5, 0.6) is 0 Å². The lowest BCUT2D eigenvalue weighted by molar-refractivity contribution is -0.138. The number of aromatic nitrogens is 1. The number of H-pyrrole nitrogens is 1. The summed E-state index contributed by atoms with van der Waals surface area (Å²) in [6, 6.07) is 9.83. The van der Waals surface area contributed by atoms with Gasteiger partial charge in [0.15, 0.2) is 0 Å². The van der Waals surface area contributed by atoms with E-state index in [9.17, 15) is 9.59 Å². The fraction of sp³-hybridized carbons (Fsp3) is 0.500. The minimum Gasteiger partial charge on any atom is -0.351 e. The van der Waals surface area contributed by atoms with Gasteiger partial charge in [0.25, 0.3) is 5.91 Å². The first-order valence-electron chi connectivity index (χ1n) is 9.38. The van der Waals surface area contributed by atoms with Crippen molar-refractivity contribution in [3.8, 4) is 0 Å². The summed E-state index contributed by atoms with van der Waals surface area (Å²) >= 11 is 0. The van der Waals surface area contributed by atoms with Crippen molar-refractivity contribution in [1.82, 2.24) is 14.8 Å². The van der Waals surface area contributed by atoms with Crippen LogP contribution >= 0.6 is 0 Å². The molecule has 25 heavy (non-hydrogen) atoms. The van der Waals surface area contributed by atoms with Gasteiger partial charge in [0.1, 0.15) is 5.69 Å². The third kappa shape index (κ3) is 3.28. The van der Waals surface area contributed by atoms with Gasteiger partial charge in [-0.3, -0.25) is 9.59 Å². The molecular formula is C20H25N3O2. The van der Waals surface area contributed by atoms with Gasteiger partial charge in [-0.2, -0.15) is 0 Å². The molecule has 1 aromatic carbocycles. The first-order chi connectivity index (χ1) is 12.2. The van der Waals surface area contributed by atoms with Crippen LogP contribution in [0.15, 0.2) is 30.3 Å². The van der Waals surface area contributed by atoms with Crippen LogP contribution in [0.25, 0.3) is 10.9 Å². The molecule has 1 saturated heterocycles. The Kier molecular flexibility index (Phi) is 4.47. The molecule has 5 heteroatoms. The average Bonchev–Trinajstić information content (AvgIpc) is 3.12. The molecule has 2 aromatic rings. The number of nitrogens with zero attached hydrogens (tertiary/aromatic N) is 2. The molecule has 2 aliphatic rings. The summed E-state index contributed by atoms with van der Waals surface area (Å²) in [6.45, 7) is 2.54. The normalized spacial score (nSPS) is 19.4. The molecule has 0 radical (unpaired) electrons. The van der Waals surface area contributed by atoms with Crippen molar-refractivity contribution in [3.05, 3.63) is 36.0 Å². The van der Waals surface area contributed by atoms with Crippen LogP contribution in [0, 0.1) is 5.92 Å². The second kappa shape index (κ2) is 6.90. The Morgan fingerprint density at radius 3 is 2.32 bits per heavy atom. The fourth-order valence-corrected chi connectivity index (χ4v) is 4.10. The maximum atomic E-state index is 12.7. The molecule has 0 bridgehead atoms. The quantitative estimate of drug-likeness (QED) is 0.914. The molecule has 2 heterocycles. The summed E-state index contributed by atoms with van der Waals surface area (Å²) in [6.07, 6.45) is 5.68. The number of benzene rings is 1. The lowest BCUT2D eigenvalue weighted by Gasteiger charge is -2.37. The van der Waals surface area contributed by atoms with E-state index in [1.165, 1.54) is 19.3 Å². The molecule has 1 N–H and O–H groups in total. The van der Waals surface area contributed by atoms with E-state index < -0.39 is 0 Å². The predicted molar refractivity (Wildman–Crippen MR) is 97.4 cm³/mol. The van der Waals surface area contributed by atoms with Gasteiger partial charge in [-0.05, 0) is 25.0 Å². The molecule has 1 saturated carbocycles. The zero-order valence-electron chi connectivity index (χ0n) is 14.5. The number of fused-ring (bicyclic) bond motifs is 1. The molecule has 2 fully saturated rings. The number of hydrogen-bond donors (Lipinski definition) is 1. The Hall–Kier alpha value is -2.30. The molecule has 0 unspecified atom stereocenters. The summed E-state index contributed by atoms with van der Waals surface area (Å²) in [5.41, 5.74) is 1.62. The number of hydrogen-bond acceptors (Lipinski definition) is 2. The van der Waals surface area contributed by atoms with Gasteiger partial charge in [-0.15, -0.1) is 0 Å². The zero-order chi connectivity index (χ0) is 17.2. The summed E-state index contributed by atoms with van der Waals surface area (Å²) in [7, 11) is 0. The molecule has 4 rings (SSSR count). The highest BCUT2D eigenvalue weighted by molar-refractivity contribution is 5.98. The number of para-hydroxylation sites is 1. The van der Waals surface area contributed by atoms with E-state index in [0.29, 0.717) is 37.8 Å². The second-order valence-electron chi connectivity index (χ2n) is 7.22. The van der Waals surface area contributed by atoms with Crippen molar-refractivity contribution in [1.29, 1.82) is 0 Å². The molecule has 5 nitrogen and oxygen atoms in total. The molecule has 1 aromatic heterocycles. The molecule has 1 aliphatic heterocycles. The Morgan fingerprint density at radius 2 is 1.60 bits per heavy atom. The Balaban J connectivity index is 1.37. The Bertz CT molecular complexity index is 735. The number of nitrogens with one attached hydrogen (secondary N) is 1. The SMILES string of the molecule is O=C(c1cc2ccccc2[nH]1)N1CCN(C(=O)C2CCCCC2)CC1. The fourth-order valence-electron chi connectivity index (χ4n) is 4.10. The van der Waals surface area contributed by atoms with Crippen LogP contribution in [0.3, 0.4) is 0 Å². The smallest absolute Gasteiger partial charge is 0.270 e. The largest absolute Gasteiger partial charge is 0.351 e. The van der Waals surface area contributed by atoms with E-state index in [1.807, 2.05) is 40.1 Å². The van der Waals surface area contributed by atoms with Crippen molar-refractivity contribution in [2.75, 3.05) is 26.2 Å². The van der Waals surface area contributed by atoms with E-state index >= 15 is 0 Å². The Labute approximate surface area is 148 Å². The number of piperazine rings is 1. The maximum Gasteiger partial charge on any atom is 0.270 e. The molecule has 0 atom stereocenters. The number of aromatic amines is 1. The lowest BCUT2D eigenvalue weighted by atomic mass is 9.88. The van der Waals surface area contributed by atoms with Gasteiger partial charge in [0.2, 0.25) is 5.91 Å². The Morgan fingerprint density at radius 1 is 0.920 bits per heavy atom. The van der Waals surface area contributed by atoms with Crippen molar-refractivity contribution >= 4 is 22.7 Å². The summed E-state index contributed by atoms with van der Waals surface area (Å²) in [5.74, 6) is 0.545. The minimum atomic E-state index is 0.0287. The first-order valence-corrected chi connectivity index (χ1v) is 9.38.